The number of aromatic amines is 1. The number of rotatable bonds is 1. The van der Waals surface area contributed by atoms with Gasteiger partial charge in [0, 0.05) is 16.6 Å². The number of hydrogen-bond acceptors (Lipinski definition) is 2. The van der Waals surface area contributed by atoms with Gasteiger partial charge in [-0.25, -0.2) is 4.90 Å². The molecule has 0 saturated carbocycles. The number of aromatic nitrogens is 1. The van der Waals surface area contributed by atoms with Gasteiger partial charge in [-0.3, -0.25) is 9.59 Å². The van der Waals surface area contributed by atoms with Gasteiger partial charge in [0.1, 0.15) is 0 Å². The van der Waals surface area contributed by atoms with E-state index in [4.69, 9.17) is 0 Å². The lowest BCUT2D eigenvalue weighted by molar-refractivity contribution is -0.124. The van der Waals surface area contributed by atoms with Gasteiger partial charge < -0.3 is 4.98 Å². The zero-order valence-corrected chi connectivity index (χ0v) is 14.8. The van der Waals surface area contributed by atoms with Gasteiger partial charge in [0.25, 0.3) is 0 Å². The van der Waals surface area contributed by atoms with Crippen molar-refractivity contribution in [3.63, 3.8) is 0 Å². The molecule has 1 aliphatic carbocycles. The Morgan fingerprint density at radius 2 is 1.65 bits per heavy atom. The minimum atomic E-state index is -0.419. The molecule has 1 aliphatic heterocycles. The van der Waals surface area contributed by atoms with E-state index in [1.165, 1.54) is 4.90 Å². The molecule has 1 saturated heterocycles. The first-order valence-electron chi connectivity index (χ1n) is 9.01. The summed E-state index contributed by atoms with van der Waals surface area (Å²) in [4.78, 5) is 31.7. The predicted octanol–water partition coefficient (Wildman–Crippen LogP) is 4.02. The number of carbonyl (C=O) groups excluding carboxylic acids is 2. The Kier molecular flexibility index (Phi) is 3.00. The average Bonchev–Trinajstić information content (AvgIpc) is 3.10. The number of carbonyl (C=O) groups is 2. The second-order valence-corrected chi connectivity index (χ2v) is 8.03. The predicted molar refractivity (Wildman–Crippen MR) is 101 cm³/mol. The first-order chi connectivity index (χ1) is 12.5. The maximum Gasteiger partial charge on any atom is 0.242 e. The van der Waals surface area contributed by atoms with Crippen molar-refractivity contribution in [1.82, 2.24) is 4.98 Å². The van der Waals surface area contributed by atoms with Gasteiger partial charge >= 0.3 is 0 Å². The minimum Gasteiger partial charge on any atom is -0.358 e. The molecule has 4 heteroatoms. The molecular formula is C22H20N2O2. The topological polar surface area (TPSA) is 53.2 Å². The second-order valence-electron chi connectivity index (χ2n) is 8.03. The van der Waals surface area contributed by atoms with E-state index in [0.717, 1.165) is 28.6 Å². The molecule has 2 aliphatic rings. The molecule has 3 aromatic rings. The summed E-state index contributed by atoms with van der Waals surface area (Å²) >= 11 is 0. The van der Waals surface area contributed by atoms with Crippen molar-refractivity contribution >= 4 is 28.4 Å². The molecule has 1 fully saturated rings. The van der Waals surface area contributed by atoms with Crippen LogP contribution in [0.3, 0.4) is 0 Å². The normalized spacial score (nSPS) is 24.0. The summed E-state index contributed by atoms with van der Waals surface area (Å²) < 4.78 is 0. The van der Waals surface area contributed by atoms with E-state index in [2.05, 4.69) is 18.8 Å². The quantitative estimate of drug-likeness (QED) is 0.678. The molecule has 130 valence electrons. The molecule has 5 rings (SSSR count). The van der Waals surface area contributed by atoms with Gasteiger partial charge in [-0.15, -0.1) is 0 Å². The van der Waals surface area contributed by atoms with Crippen LogP contribution in [0.5, 0.6) is 0 Å². The van der Waals surface area contributed by atoms with Crippen molar-refractivity contribution in [2.75, 3.05) is 4.90 Å². The maximum atomic E-state index is 13.4. The summed E-state index contributed by atoms with van der Waals surface area (Å²) in [5.41, 5.74) is 3.52. The third kappa shape index (κ3) is 1.90. The highest BCUT2D eigenvalue weighted by atomic mass is 16.2. The smallest absolute Gasteiger partial charge is 0.242 e. The maximum absolute atomic E-state index is 13.4. The Morgan fingerprint density at radius 3 is 2.42 bits per heavy atom. The van der Waals surface area contributed by atoms with Crippen molar-refractivity contribution < 1.29 is 9.59 Å². The van der Waals surface area contributed by atoms with Crippen LogP contribution in [-0.2, 0) is 16.0 Å². The molecule has 2 heterocycles. The van der Waals surface area contributed by atoms with Crippen LogP contribution in [0.25, 0.3) is 10.9 Å². The molecule has 0 bridgehead atoms. The van der Waals surface area contributed by atoms with E-state index in [0.29, 0.717) is 5.69 Å². The largest absolute Gasteiger partial charge is 0.358 e. The summed E-state index contributed by atoms with van der Waals surface area (Å²) in [5, 5.41) is 1.06. The Bertz CT molecular complexity index is 1050. The number of H-pyrrole nitrogens is 1. The van der Waals surface area contributed by atoms with Crippen molar-refractivity contribution in [2.45, 2.75) is 26.2 Å². The second kappa shape index (κ2) is 5.07. The molecule has 4 nitrogen and oxygen atoms in total. The Balaban J connectivity index is 1.74. The molecule has 1 N–H and O–H groups in total. The summed E-state index contributed by atoms with van der Waals surface area (Å²) in [5.74, 6) is -0.934. The highest BCUT2D eigenvalue weighted by Crippen LogP contribution is 2.54. The van der Waals surface area contributed by atoms with Crippen molar-refractivity contribution in [2.24, 2.45) is 11.3 Å². The number of amides is 2. The Labute approximate surface area is 151 Å². The lowest BCUT2D eigenvalue weighted by atomic mass is 9.63. The number of nitrogens with zero attached hydrogens (tertiary/aromatic N) is 1. The van der Waals surface area contributed by atoms with E-state index in [1.807, 2.05) is 54.6 Å². The van der Waals surface area contributed by atoms with Crippen LogP contribution in [-0.4, -0.2) is 16.8 Å². The summed E-state index contributed by atoms with van der Waals surface area (Å²) in [6, 6.07) is 17.3. The zero-order chi connectivity index (χ0) is 18.1. The molecule has 2 amide bonds. The third-order valence-corrected chi connectivity index (χ3v) is 5.93. The molecule has 0 unspecified atom stereocenters. The fourth-order valence-electron chi connectivity index (χ4n) is 4.86. The molecule has 0 radical (unpaired) electrons. The van der Waals surface area contributed by atoms with E-state index >= 15 is 0 Å². The molecular weight excluding hydrogens is 324 g/mol. The van der Waals surface area contributed by atoms with E-state index in [1.54, 1.807) is 0 Å². The Hall–Kier alpha value is -2.88. The lowest BCUT2D eigenvalue weighted by Gasteiger charge is -2.37. The monoisotopic (exact) mass is 344 g/mol. The van der Waals surface area contributed by atoms with Gasteiger partial charge in [0.05, 0.1) is 17.5 Å². The summed E-state index contributed by atoms with van der Waals surface area (Å²) in [7, 11) is 0. The molecule has 2 atom stereocenters. The van der Waals surface area contributed by atoms with Gasteiger partial charge in [0.2, 0.25) is 11.8 Å². The molecule has 2 aromatic carbocycles. The molecule has 1 aromatic heterocycles. The number of nitrogens with one attached hydrogen (secondary N) is 1. The van der Waals surface area contributed by atoms with Crippen LogP contribution in [0, 0.1) is 11.3 Å². The Morgan fingerprint density at radius 1 is 0.962 bits per heavy atom. The highest BCUT2D eigenvalue weighted by Gasteiger charge is 2.58. The van der Waals surface area contributed by atoms with Crippen LogP contribution in [0.1, 0.15) is 31.0 Å². The van der Waals surface area contributed by atoms with Gasteiger partial charge in [-0.1, -0.05) is 50.2 Å². The molecule has 26 heavy (non-hydrogen) atoms. The van der Waals surface area contributed by atoms with Crippen LogP contribution in [0.2, 0.25) is 0 Å². The van der Waals surface area contributed by atoms with Crippen LogP contribution < -0.4 is 4.90 Å². The summed E-state index contributed by atoms with van der Waals surface area (Å²) in [6.45, 7) is 4.19. The van der Waals surface area contributed by atoms with Crippen LogP contribution in [0.4, 0.5) is 5.69 Å². The van der Waals surface area contributed by atoms with Gasteiger partial charge in [-0.05, 0) is 35.6 Å². The fraction of sp³-hybridized carbons (Fsp3) is 0.273. The van der Waals surface area contributed by atoms with Crippen molar-refractivity contribution in [3.05, 3.63) is 65.9 Å². The zero-order valence-electron chi connectivity index (χ0n) is 14.8. The van der Waals surface area contributed by atoms with Gasteiger partial charge in [0.15, 0.2) is 0 Å². The third-order valence-electron chi connectivity index (χ3n) is 5.93. The summed E-state index contributed by atoms with van der Waals surface area (Å²) in [6.07, 6.45) is 0.764. The fourth-order valence-corrected chi connectivity index (χ4v) is 4.86. The van der Waals surface area contributed by atoms with Crippen molar-refractivity contribution in [3.8, 4) is 0 Å². The number of para-hydroxylation sites is 2. The van der Waals surface area contributed by atoms with E-state index < -0.39 is 5.92 Å². The van der Waals surface area contributed by atoms with Crippen molar-refractivity contribution in [1.29, 1.82) is 0 Å². The average molecular weight is 344 g/mol. The number of fused-ring (bicyclic) bond motifs is 5. The number of anilines is 1. The SMILES string of the molecule is CC1(C)Cc2[nH]c3ccccc3c2[C@H]2C(=O)N(c3ccccc3)C(=O)[C@H]21. The number of benzene rings is 2. The van der Waals surface area contributed by atoms with Crippen LogP contribution >= 0.6 is 0 Å². The lowest BCUT2D eigenvalue weighted by Crippen LogP contribution is -2.39. The highest BCUT2D eigenvalue weighted by molar-refractivity contribution is 6.25. The minimum absolute atomic E-state index is 0.0767. The number of imide groups is 1. The first kappa shape index (κ1) is 15.4. The first-order valence-corrected chi connectivity index (χ1v) is 9.01. The van der Waals surface area contributed by atoms with Gasteiger partial charge in [-0.2, -0.15) is 0 Å². The molecule has 0 spiro atoms. The van der Waals surface area contributed by atoms with E-state index in [-0.39, 0.29) is 23.1 Å². The standard InChI is InChI=1S/C22H20N2O2/c1-22(2)12-16-17(14-10-6-7-11-15(14)23-16)18-19(22)21(26)24(20(18)25)13-8-4-3-5-9-13/h3-11,18-19,23H,12H2,1-2H3/t18-,19+/m1/s1. The number of hydrogen-bond donors (Lipinski definition) is 1. The van der Waals surface area contributed by atoms with Crippen LogP contribution in [0.15, 0.2) is 54.6 Å². The van der Waals surface area contributed by atoms with E-state index in [9.17, 15) is 9.59 Å².